The molecular weight excluding hydrogens is 250 g/mol. The van der Waals surface area contributed by atoms with Crippen molar-refractivity contribution in [3.8, 4) is 0 Å². The fourth-order valence-electron chi connectivity index (χ4n) is 1.57. The van der Waals surface area contributed by atoms with Crippen molar-refractivity contribution in [2.75, 3.05) is 5.33 Å². The van der Waals surface area contributed by atoms with E-state index in [1.807, 2.05) is 12.4 Å². The average Bonchev–Trinajstić information content (AvgIpc) is 2.30. The van der Waals surface area contributed by atoms with Crippen molar-refractivity contribution < 1.29 is 0 Å². The van der Waals surface area contributed by atoms with Crippen LogP contribution in [0.25, 0.3) is 16.8 Å². The number of fused-ring (bicyclic) bond motifs is 1. The molecule has 0 spiro atoms. The lowest BCUT2D eigenvalue weighted by Crippen LogP contribution is -1.79. The zero-order chi connectivity index (χ0) is 10.5. The van der Waals surface area contributed by atoms with Gasteiger partial charge in [0.05, 0.1) is 0 Å². The Balaban J connectivity index is 2.42. The van der Waals surface area contributed by atoms with E-state index in [2.05, 4.69) is 57.3 Å². The van der Waals surface area contributed by atoms with Crippen LogP contribution in [0.2, 0.25) is 0 Å². The molecule has 0 amide bonds. The van der Waals surface area contributed by atoms with Crippen LogP contribution in [-0.4, -0.2) is 10.3 Å². The van der Waals surface area contributed by atoms with Crippen molar-refractivity contribution in [2.45, 2.75) is 6.42 Å². The predicted molar refractivity (Wildman–Crippen MR) is 69.2 cm³/mol. The van der Waals surface area contributed by atoms with E-state index in [1.165, 1.54) is 16.3 Å². The van der Waals surface area contributed by atoms with Gasteiger partial charge in [0.15, 0.2) is 0 Å². The molecule has 2 aromatic rings. The molecule has 0 fully saturated rings. The van der Waals surface area contributed by atoms with Gasteiger partial charge in [-0.2, -0.15) is 0 Å². The molecule has 0 saturated carbocycles. The van der Waals surface area contributed by atoms with Gasteiger partial charge >= 0.3 is 0 Å². The van der Waals surface area contributed by atoms with E-state index in [0.29, 0.717) is 0 Å². The van der Waals surface area contributed by atoms with Crippen molar-refractivity contribution in [3.05, 3.63) is 48.3 Å². The monoisotopic (exact) mass is 261 g/mol. The van der Waals surface area contributed by atoms with E-state index < -0.39 is 0 Å². The summed E-state index contributed by atoms with van der Waals surface area (Å²) in [6.45, 7) is 0. The van der Waals surface area contributed by atoms with Gasteiger partial charge in [0.1, 0.15) is 0 Å². The smallest absolute Gasteiger partial charge is 0.0346 e. The zero-order valence-electron chi connectivity index (χ0n) is 8.36. The van der Waals surface area contributed by atoms with Crippen molar-refractivity contribution in [3.63, 3.8) is 0 Å². The molecule has 2 rings (SSSR count). The number of pyridine rings is 1. The molecule has 1 aromatic heterocycles. The van der Waals surface area contributed by atoms with Gasteiger partial charge < -0.3 is 0 Å². The molecule has 0 aliphatic heterocycles. The van der Waals surface area contributed by atoms with E-state index in [0.717, 1.165) is 11.8 Å². The van der Waals surface area contributed by atoms with Crippen LogP contribution in [-0.2, 0) is 0 Å². The van der Waals surface area contributed by atoms with Gasteiger partial charge in [-0.3, -0.25) is 4.98 Å². The van der Waals surface area contributed by atoms with Crippen molar-refractivity contribution >= 4 is 32.8 Å². The summed E-state index contributed by atoms with van der Waals surface area (Å²) in [6, 6.07) is 8.35. The van der Waals surface area contributed by atoms with Crippen LogP contribution in [0.1, 0.15) is 12.0 Å². The van der Waals surface area contributed by atoms with Crippen molar-refractivity contribution in [2.24, 2.45) is 0 Å². The van der Waals surface area contributed by atoms with Crippen LogP contribution in [0.4, 0.5) is 0 Å². The molecule has 1 aromatic carbocycles. The van der Waals surface area contributed by atoms with E-state index in [-0.39, 0.29) is 0 Å². The topological polar surface area (TPSA) is 12.9 Å². The highest BCUT2D eigenvalue weighted by Gasteiger charge is 1.95. The zero-order valence-corrected chi connectivity index (χ0v) is 9.94. The fraction of sp³-hybridized carbons (Fsp3) is 0.154. The lowest BCUT2D eigenvalue weighted by atomic mass is 10.1. The first-order valence-electron chi connectivity index (χ1n) is 4.97. The molecule has 76 valence electrons. The Bertz CT molecular complexity index is 471. The first kappa shape index (κ1) is 10.4. The van der Waals surface area contributed by atoms with Crippen LogP contribution in [0.5, 0.6) is 0 Å². The molecule has 2 heteroatoms. The first-order valence-corrected chi connectivity index (χ1v) is 6.09. The lowest BCUT2D eigenvalue weighted by Gasteiger charge is -2.00. The summed E-state index contributed by atoms with van der Waals surface area (Å²) < 4.78 is 0. The summed E-state index contributed by atoms with van der Waals surface area (Å²) in [6.07, 6.45) is 9.15. The molecule has 1 heterocycles. The summed E-state index contributed by atoms with van der Waals surface area (Å²) in [5.74, 6) is 0. The summed E-state index contributed by atoms with van der Waals surface area (Å²) in [7, 11) is 0. The molecule has 0 bridgehead atoms. The Morgan fingerprint density at radius 2 is 2.20 bits per heavy atom. The number of nitrogens with zero attached hydrogens (tertiary/aromatic N) is 1. The largest absolute Gasteiger partial charge is 0.264 e. The Labute approximate surface area is 98.0 Å². The molecule has 1 nitrogen and oxygen atoms in total. The maximum Gasteiger partial charge on any atom is 0.0346 e. The quantitative estimate of drug-likeness (QED) is 0.761. The number of allylic oxidation sites excluding steroid dienone is 1. The van der Waals surface area contributed by atoms with Gasteiger partial charge in [-0.15, -0.1) is 0 Å². The molecule has 0 unspecified atom stereocenters. The predicted octanol–water partition coefficient (Wildman–Crippen LogP) is 4.03. The second-order valence-electron chi connectivity index (χ2n) is 3.32. The Morgan fingerprint density at radius 3 is 3.07 bits per heavy atom. The fourth-order valence-corrected chi connectivity index (χ4v) is 1.83. The van der Waals surface area contributed by atoms with E-state index in [4.69, 9.17) is 0 Å². The number of benzene rings is 1. The molecule has 0 aliphatic rings. The molecule has 0 radical (unpaired) electrons. The van der Waals surface area contributed by atoms with E-state index in [1.54, 1.807) is 0 Å². The van der Waals surface area contributed by atoms with Crippen molar-refractivity contribution in [1.82, 2.24) is 4.98 Å². The van der Waals surface area contributed by atoms with Gasteiger partial charge in [0.2, 0.25) is 0 Å². The van der Waals surface area contributed by atoms with Gasteiger partial charge in [0, 0.05) is 23.1 Å². The SMILES string of the molecule is BrCCC=Cc1cccc2cnccc12. The van der Waals surface area contributed by atoms with E-state index in [9.17, 15) is 0 Å². The third-order valence-corrected chi connectivity index (χ3v) is 2.75. The summed E-state index contributed by atoms with van der Waals surface area (Å²) >= 11 is 3.41. The Morgan fingerprint density at radius 1 is 1.27 bits per heavy atom. The van der Waals surface area contributed by atoms with E-state index >= 15 is 0 Å². The second-order valence-corrected chi connectivity index (χ2v) is 4.12. The molecule has 0 aliphatic carbocycles. The highest BCUT2D eigenvalue weighted by atomic mass is 79.9. The van der Waals surface area contributed by atoms with Crippen LogP contribution in [0.15, 0.2) is 42.7 Å². The molecule has 0 saturated heterocycles. The van der Waals surface area contributed by atoms with Crippen LogP contribution in [0, 0.1) is 0 Å². The van der Waals surface area contributed by atoms with Gasteiger partial charge in [-0.05, 0) is 23.4 Å². The average molecular weight is 262 g/mol. The number of halogens is 1. The van der Waals surface area contributed by atoms with Crippen LogP contribution >= 0.6 is 15.9 Å². The van der Waals surface area contributed by atoms with Gasteiger partial charge in [0.25, 0.3) is 0 Å². The molecule has 0 atom stereocenters. The lowest BCUT2D eigenvalue weighted by molar-refractivity contribution is 1.27. The minimum absolute atomic E-state index is 1.01. The maximum absolute atomic E-state index is 4.12. The number of hydrogen-bond donors (Lipinski definition) is 0. The minimum atomic E-state index is 1.01. The highest BCUT2D eigenvalue weighted by Crippen LogP contribution is 2.18. The Hall–Kier alpha value is -1.15. The van der Waals surface area contributed by atoms with Crippen LogP contribution in [0.3, 0.4) is 0 Å². The molecule has 0 N–H and O–H groups in total. The molecular formula is C13H12BrN. The summed E-state index contributed by atoms with van der Waals surface area (Å²) in [4.78, 5) is 4.12. The molecule has 15 heavy (non-hydrogen) atoms. The maximum atomic E-state index is 4.12. The first-order chi connectivity index (χ1) is 7.42. The van der Waals surface area contributed by atoms with Crippen molar-refractivity contribution in [1.29, 1.82) is 0 Å². The minimum Gasteiger partial charge on any atom is -0.264 e. The number of rotatable bonds is 3. The third-order valence-electron chi connectivity index (χ3n) is 2.29. The summed E-state index contributed by atoms with van der Waals surface area (Å²) in [5, 5.41) is 3.47. The van der Waals surface area contributed by atoms with Gasteiger partial charge in [-0.25, -0.2) is 0 Å². The second kappa shape index (κ2) is 5.08. The van der Waals surface area contributed by atoms with Crippen LogP contribution < -0.4 is 0 Å². The Kier molecular flexibility index (Phi) is 3.51. The number of alkyl halides is 1. The number of hydrogen-bond acceptors (Lipinski definition) is 1. The normalized spacial score (nSPS) is 11.3. The standard InChI is InChI=1S/C13H12BrN/c14-8-2-1-4-11-5-3-6-12-10-15-9-7-13(11)12/h1,3-7,9-10H,2,8H2. The highest BCUT2D eigenvalue weighted by molar-refractivity contribution is 9.09. The summed E-state index contributed by atoms with van der Waals surface area (Å²) in [5.41, 5.74) is 1.26. The van der Waals surface area contributed by atoms with Gasteiger partial charge in [-0.1, -0.05) is 46.3 Å². The number of aromatic nitrogens is 1. The third kappa shape index (κ3) is 2.45.